The first-order chi connectivity index (χ1) is 21.7. The number of rotatable bonds is 7. The molecule has 45 heavy (non-hydrogen) atoms. The standard InChI is InChI=1S/C34H42N8O3/c1-18(26-5-4-12-39(26)34(36)44)25-10-8-21-13-28(40(32(21)37-25)17-20-6-7-20)31-19(2)41-29(38-31)14-22(15-30(41)45-3)33(43)42-23-9-11-27(42)24(35)16-23/h8,10,13-15,18,20,23-24,26-27H,4-7,9,11-12,16-17,35H2,1-3H3,(H2,36,44)/t18-,23-,24+,26?,27+/m0/s1. The van der Waals surface area contributed by atoms with Gasteiger partial charge in [0.1, 0.15) is 17.0 Å². The normalized spacial score (nSPS) is 25.2. The molecular formula is C34H42N8O3. The molecule has 5 atom stereocenters. The minimum Gasteiger partial charge on any atom is -0.482 e. The average Bonchev–Trinajstić information content (AvgIpc) is 3.40. The molecule has 2 bridgehead atoms. The Morgan fingerprint density at radius 1 is 1.09 bits per heavy atom. The van der Waals surface area contributed by atoms with Crippen LogP contribution in [0.5, 0.6) is 5.88 Å². The maximum absolute atomic E-state index is 13.8. The predicted molar refractivity (Wildman–Crippen MR) is 171 cm³/mol. The van der Waals surface area contributed by atoms with Crippen molar-refractivity contribution in [3.63, 3.8) is 0 Å². The minimum atomic E-state index is -0.358. The van der Waals surface area contributed by atoms with Crippen LogP contribution in [0.2, 0.25) is 0 Å². The average molecular weight is 611 g/mol. The van der Waals surface area contributed by atoms with E-state index in [2.05, 4.69) is 36.6 Å². The Bertz CT molecular complexity index is 1840. The van der Waals surface area contributed by atoms with Gasteiger partial charge in [0, 0.05) is 65.9 Å². The molecule has 0 radical (unpaired) electrons. The van der Waals surface area contributed by atoms with Gasteiger partial charge in [0.2, 0.25) is 0 Å². The molecule has 4 aromatic heterocycles. The Morgan fingerprint density at radius 3 is 2.60 bits per heavy atom. The second-order valence-corrected chi connectivity index (χ2v) is 13.7. The van der Waals surface area contributed by atoms with Gasteiger partial charge in [-0.15, -0.1) is 0 Å². The van der Waals surface area contributed by atoms with Gasteiger partial charge in [-0.1, -0.05) is 6.92 Å². The molecular weight excluding hydrogens is 568 g/mol. The molecule has 1 aliphatic carbocycles. The Kier molecular flexibility index (Phi) is 6.60. The number of aryl methyl sites for hydroxylation is 1. The SMILES string of the molecule is COc1cc(C(=O)N2[C@H]3CC[C@@H]2[C@H](N)C3)cc2nc(-c3cc4ccc([C@H](C)C5CCCN5C(N)=O)nc4n3CC3CC3)c(C)n12. The van der Waals surface area contributed by atoms with Gasteiger partial charge in [0.05, 0.1) is 18.5 Å². The lowest BCUT2D eigenvalue weighted by Gasteiger charge is -2.28. The van der Waals surface area contributed by atoms with E-state index in [1.165, 1.54) is 12.8 Å². The van der Waals surface area contributed by atoms with Crippen LogP contribution in [0.1, 0.15) is 79.5 Å². The monoisotopic (exact) mass is 610 g/mol. The second kappa shape index (κ2) is 10.5. The Morgan fingerprint density at radius 2 is 1.91 bits per heavy atom. The molecule has 4 fully saturated rings. The van der Waals surface area contributed by atoms with Crippen molar-refractivity contribution in [2.45, 2.75) is 95.4 Å². The molecule has 11 nitrogen and oxygen atoms in total. The smallest absolute Gasteiger partial charge is 0.315 e. The third-order valence-electron chi connectivity index (χ3n) is 11.0. The number of likely N-dealkylation sites (tertiary alicyclic amines) is 1. The first-order valence-electron chi connectivity index (χ1n) is 16.5. The van der Waals surface area contributed by atoms with E-state index < -0.39 is 0 Å². The Hall–Kier alpha value is -4.12. The number of amides is 3. The molecule has 3 amide bonds. The molecule has 3 saturated heterocycles. The Labute approximate surface area is 262 Å². The van der Waals surface area contributed by atoms with E-state index in [1.807, 2.05) is 21.4 Å². The number of hydrogen-bond donors (Lipinski definition) is 2. The highest BCUT2D eigenvalue weighted by Crippen LogP contribution is 2.40. The third kappa shape index (κ3) is 4.49. The van der Waals surface area contributed by atoms with Crippen LogP contribution >= 0.6 is 0 Å². The maximum Gasteiger partial charge on any atom is 0.315 e. The van der Waals surface area contributed by atoms with Gasteiger partial charge in [-0.2, -0.15) is 0 Å². The zero-order chi connectivity index (χ0) is 31.1. The van der Waals surface area contributed by atoms with Crippen molar-refractivity contribution in [1.29, 1.82) is 0 Å². The van der Waals surface area contributed by atoms with E-state index in [9.17, 15) is 9.59 Å². The number of imidazole rings is 1. The number of nitrogens with zero attached hydrogens (tertiary/aromatic N) is 6. The number of carbonyl (C=O) groups excluding carboxylic acids is 2. The Balaban J connectivity index is 1.21. The first-order valence-corrected chi connectivity index (χ1v) is 16.5. The summed E-state index contributed by atoms with van der Waals surface area (Å²) in [4.78, 5) is 40.1. The lowest BCUT2D eigenvalue weighted by atomic mass is 9.95. The van der Waals surface area contributed by atoms with Crippen LogP contribution in [-0.2, 0) is 6.54 Å². The van der Waals surface area contributed by atoms with Crippen molar-refractivity contribution >= 4 is 28.6 Å². The molecule has 11 heteroatoms. The highest BCUT2D eigenvalue weighted by Gasteiger charge is 2.47. The molecule has 4 aromatic rings. The fourth-order valence-electron chi connectivity index (χ4n) is 8.41. The number of urea groups is 1. The topological polar surface area (TPSA) is 137 Å². The van der Waals surface area contributed by atoms with Crippen molar-refractivity contribution < 1.29 is 14.3 Å². The van der Waals surface area contributed by atoms with E-state index in [-0.39, 0.29) is 42.0 Å². The molecule has 1 unspecified atom stereocenters. The fraction of sp³-hybridized carbons (Fsp3) is 0.529. The van der Waals surface area contributed by atoms with Crippen LogP contribution in [0.15, 0.2) is 30.3 Å². The van der Waals surface area contributed by atoms with Gasteiger partial charge in [0.25, 0.3) is 5.91 Å². The van der Waals surface area contributed by atoms with E-state index in [0.29, 0.717) is 29.6 Å². The van der Waals surface area contributed by atoms with Gasteiger partial charge >= 0.3 is 6.03 Å². The summed E-state index contributed by atoms with van der Waals surface area (Å²) in [6, 6.07) is 10.2. The van der Waals surface area contributed by atoms with Crippen LogP contribution in [0, 0.1) is 12.8 Å². The van der Waals surface area contributed by atoms with Gasteiger partial charge in [-0.3, -0.25) is 9.20 Å². The number of pyridine rings is 2. The van der Waals surface area contributed by atoms with Gasteiger partial charge in [0.15, 0.2) is 5.88 Å². The molecule has 8 rings (SSSR count). The van der Waals surface area contributed by atoms with E-state index in [0.717, 1.165) is 72.5 Å². The van der Waals surface area contributed by atoms with Crippen LogP contribution < -0.4 is 16.2 Å². The van der Waals surface area contributed by atoms with Crippen LogP contribution in [0.4, 0.5) is 4.79 Å². The highest BCUT2D eigenvalue weighted by atomic mass is 16.5. The van der Waals surface area contributed by atoms with Gasteiger partial charge in [-0.25, -0.2) is 14.8 Å². The molecule has 3 aliphatic heterocycles. The fourth-order valence-corrected chi connectivity index (χ4v) is 8.41. The van der Waals surface area contributed by atoms with Crippen LogP contribution in [-0.4, -0.2) is 78.5 Å². The van der Waals surface area contributed by atoms with Crippen molar-refractivity contribution in [2.24, 2.45) is 17.4 Å². The van der Waals surface area contributed by atoms with Gasteiger partial charge in [-0.05, 0) is 82.1 Å². The van der Waals surface area contributed by atoms with Gasteiger partial charge < -0.3 is 30.6 Å². The molecule has 236 valence electrons. The number of fused-ring (bicyclic) bond motifs is 4. The molecule has 0 spiro atoms. The molecule has 4 N–H and O–H groups in total. The van der Waals surface area contributed by atoms with Crippen molar-refractivity contribution in [2.75, 3.05) is 13.7 Å². The number of ether oxygens (including phenoxy) is 1. The number of methoxy groups -OCH3 is 1. The molecule has 0 aromatic carbocycles. The number of nitrogens with two attached hydrogens (primary N) is 2. The minimum absolute atomic E-state index is 0.00399. The highest BCUT2D eigenvalue weighted by molar-refractivity contribution is 5.96. The number of hydrogen-bond acceptors (Lipinski definition) is 6. The van der Waals surface area contributed by atoms with Crippen LogP contribution in [0.3, 0.4) is 0 Å². The van der Waals surface area contributed by atoms with Crippen molar-refractivity contribution in [3.8, 4) is 17.3 Å². The summed E-state index contributed by atoms with van der Waals surface area (Å²) >= 11 is 0. The first kappa shape index (κ1) is 28.4. The number of aromatic nitrogens is 4. The zero-order valence-electron chi connectivity index (χ0n) is 26.3. The quantitative estimate of drug-likeness (QED) is 0.318. The summed E-state index contributed by atoms with van der Waals surface area (Å²) in [5.74, 6) is 1.26. The maximum atomic E-state index is 13.8. The number of carbonyl (C=O) groups is 2. The summed E-state index contributed by atoms with van der Waals surface area (Å²) in [5.41, 5.74) is 18.0. The van der Waals surface area contributed by atoms with E-state index >= 15 is 0 Å². The van der Waals surface area contributed by atoms with Crippen molar-refractivity contribution in [1.82, 2.24) is 28.7 Å². The number of primary amides is 1. The van der Waals surface area contributed by atoms with Crippen LogP contribution in [0.25, 0.3) is 28.1 Å². The summed E-state index contributed by atoms with van der Waals surface area (Å²) in [5, 5.41) is 1.06. The van der Waals surface area contributed by atoms with Crippen molar-refractivity contribution in [3.05, 3.63) is 47.3 Å². The lowest BCUT2D eigenvalue weighted by Crippen LogP contribution is -2.41. The summed E-state index contributed by atoms with van der Waals surface area (Å²) < 4.78 is 10.2. The zero-order valence-corrected chi connectivity index (χ0v) is 26.3. The second-order valence-electron chi connectivity index (χ2n) is 13.7. The largest absolute Gasteiger partial charge is 0.482 e. The summed E-state index contributed by atoms with van der Waals surface area (Å²) in [6.45, 7) is 5.77. The van der Waals surface area contributed by atoms with E-state index in [4.69, 9.17) is 26.2 Å². The summed E-state index contributed by atoms with van der Waals surface area (Å²) in [7, 11) is 1.64. The molecule has 7 heterocycles. The summed E-state index contributed by atoms with van der Waals surface area (Å²) in [6.07, 6.45) is 7.14. The molecule has 1 saturated carbocycles. The predicted octanol–water partition coefficient (Wildman–Crippen LogP) is 4.43. The molecule has 4 aliphatic rings. The van der Waals surface area contributed by atoms with E-state index in [1.54, 1.807) is 12.0 Å². The third-order valence-corrected chi connectivity index (χ3v) is 11.0. The lowest BCUT2D eigenvalue weighted by molar-refractivity contribution is 0.0726.